The molecule has 0 radical (unpaired) electrons. The molecule has 3 rings (SSSR count). The summed E-state index contributed by atoms with van der Waals surface area (Å²) in [5, 5.41) is 5.02. The summed E-state index contributed by atoms with van der Waals surface area (Å²) in [5.41, 5.74) is 1.12. The molecular formula is C19H23ClN6O. The van der Waals surface area contributed by atoms with E-state index < -0.39 is 0 Å². The van der Waals surface area contributed by atoms with Crippen molar-refractivity contribution >= 4 is 17.5 Å². The third kappa shape index (κ3) is 4.56. The smallest absolute Gasteiger partial charge is 0.274 e. The molecule has 8 heteroatoms. The van der Waals surface area contributed by atoms with Crippen LogP contribution in [0.15, 0.2) is 48.9 Å². The van der Waals surface area contributed by atoms with Crippen LogP contribution in [0.4, 0.5) is 0 Å². The summed E-state index contributed by atoms with van der Waals surface area (Å²) in [4.78, 5) is 21.2. The molecule has 0 bridgehead atoms. The fraction of sp³-hybridized carbons (Fsp3) is 0.316. The van der Waals surface area contributed by atoms with E-state index >= 15 is 0 Å². The Kier molecular flexibility index (Phi) is 5.93. The Morgan fingerprint density at radius 3 is 2.59 bits per heavy atom. The molecule has 0 N–H and O–H groups in total. The Hall–Kier alpha value is -2.64. The molecule has 0 aliphatic heterocycles. The number of nitrogens with zero attached hydrogens (tertiary/aromatic N) is 6. The van der Waals surface area contributed by atoms with Gasteiger partial charge in [0.2, 0.25) is 0 Å². The van der Waals surface area contributed by atoms with Crippen molar-refractivity contribution in [2.75, 3.05) is 27.2 Å². The van der Waals surface area contributed by atoms with Crippen LogP contribution in [0.25, 0.3) is 5.69 Å². The third-order valence-electron chi connectivity index (χ3n) is 4.27. The average Bonchev–Trinajstić information content (AvgIpc) is 3.28. The second kappa shape index (κ2) is 8.37. The van der Waals surface area contributed by atoms with Crippen molar-refractivity contribution in [2.24, 2.45) is 7.05 Å². The molecular weight excluding hydrogens is 364 g/mol. The maximum absolute atomic E-state index is 13.1. The van der Waals surface area contributed by atoms with Crippen molar-refractivity contribution in [3.63, 3.8) is 0 Å². The van der Waals surface area contributed by atoms with Gasteiger partial charge >= 0.3 is 0 Å². The van der Waals surface area contributed by atoms with Crippen molar-refractivity contribution in [1.29, 1.82) is 0 Å². The van der Waals surface area contributed by atoms with Gasteiger partial charge in [0, 0.05) is 38.7 Å². The standard InChI is InChI=1S/C19H23ClN6O/c1-23(2)12-13-25(14-18-21-9-11-24(18)3)19(27)16-8-10-26(22-16)17-7-5-4-6-15(17)20/h4-11H,12-14H2,1-3H3. The minimum atomic E-state index is -0.134. The van der Waals surface area contributed by atoms with Gasteiger partial charge in [-0.2, -0.15) is 5.10 Å². The largest absolute Gasteiger partial charge is 0.337 e. The predicted molar refractivity (Wildman–Crippen MR) is 105 cm³/mol. The van der Waals surface area contributed by atoms with E-state index in [1.54, 1.807) is 34.1 Å². The van der Waals surface area contributed by atoms with E-state index in [-0.39, 0.29) is 5.91 Å². The maximum atomic E-state index is 13.1. The van der Waals surface area contributed by atoms with Crippen LogP contribution in [-0.2, 0) is 13.6 Å². The number of carbonyl (C=O) groups is 1. The first-order valence-corrected chi connectivity index (χ1v) is 9.04. The van der Waals surface area contributed by atoms with E-state index in [1.165, 1.54) is 0 Å². The molecule has 2 heterocycles. The number of aryl methyl sites for hydroxylation is 1. The fourth-order valence-corrected chi connectivity index (χ4v) is 2.89. The van der Waals surface area contributed by atoms with Crippen molar-refractivity contribution in [3.05, 3.63) is 65.5 Å². The van der Waals surface area contributed by atoms with Gasteiger partial charge in [0.25, 0.3) is 5.91 Å². The Balaban J connectivity index is 1.83. The minimum Gasteiger partial charge on any atom is -0.337 e. The fourth-order valence-electron chi connectivity index (χ4n) is 2.66. The third-order valence-corrected chi connectivity index (χ3v) is 4.58. The highest BCUT2D eigenvalue weighted by atomic mass is 35.5. The van der Waals surface area contributed by atoms with E-state index in [4.69, 9.17) is 11.6 Å². The highest BCUT2D eigenvalue weighted by Crippen LogP contribution is 2.19. The lowest BCUT2D eigenvalue weighted by Gasteiger charge is -2.23. The van der Waals surface area contributed by atoms with Crippen LogP contribution >= 0.6 is 11.6 Å². The summed E-state index contributed by atoms with van der Waals surface area (Å²) < 4.78 is 3.54. The summed E-state index contributed by atoms with van der Waals surface area (Å²) in [7, 11) is 5.88. The molecule has 0 aliphatic rings. The monoisotopic (exact) mass is 386 g/mol. The van der Waals surface area contributed by atoms with Crippen molar-refractivity contribution in [3.8, 4) is 5.69 Å². The normalized spacial score (nSPS) is 11.1. The van der Waals surface area contributed by atoms with E-state index in [2.05, 4.69) is 10.1 Å². The van der Waals surface area contributed by atoms with Crippen LogP contribution in [0.2, 0.25) is 5.02 Å². The van der Waals surface area contributed by atoms with Crippen molar-refractivity contribution < 1.29 is 4.79 Å². The maximum Gasteiger partial charge on any atom is 0.274 e. The lowest BCUT2D eigenvalue weighted by atomic mass is 10.3. The highest BCUT2D eigenvalue weighted by Gasteiger charge is 2.21. The molecule has 0 saturated carbocycles. The zero-order valence-corrected chi connectivity index (χ0v) is 16.5. The molecule has 0 spiro atoms. The van der Waals surface area contributed by atoms with Gasteiger partial charge in [-0.05, 0) is 32.3 Å². The molecule has 142 valence electrons. The summed E-state index contributed by atoms with van der Waals surface area (Å²) in [5.74, 6) is 0.693. The van der Waals surface area contributed by atoms with Gasteiger partial charge in [0.15, 0.2) is 5.69 Å². The zero-order chi connectivity index (χ0) is 19.4. The minimum absolute atomic E-state index is 0.134. The Morgan fingerprint density at radius 2 is 1.93 bits per heavy atom. The summed E-state index contributed by atoms with van der Waals surface area (Å²) in [6.07, 6.45) is 5.35. The lowest BCUT2D eigenvalue weighted by Crippen LogP contribution is -2.37. The van der Waals surface area contributed by atoms with Crippen molar-refractivity contribution in [2.45, 2.75) is 6.54 Å². The number of aromatic nitrogens is 4. The van der Waals surface area contributed by atoms with Gasteiger partial charge in [-0.1, -0.05) is 23.7 Å². The molecule has 0 unspecified atom stereocenters. The molecule has 2 aromatic heterocycles. The number of amides is 1. The first-order chi connectivity index (χ1) is 13.0. The van der Waals surface area contributed by atoms with E-state index in [0.29, 0.717) is 23.8 Å². The number of benzene rings is 1. The number of halogens is 1. The molecule has 1 aromatic carbocycles. The summed E-state index contributed by atoms with van der Waals surface area (Å²) >= 11 is 6.23. The van der Waals surface area contributed by atoms with Crippen LogP contribution in [0.3, 0.4) is 0 Å². The van der Waals surface area contributed by atoms with Gasteiger partial charge in [0.05, 0.1) is 17.3 Å². The highest BCUT2D eigenvalue weighted by molar-refractivity contribution is 6.32. The van der Waals surface area contributed by atoms with Crippen LogP contribution < -0.4 is 0 Å². The van der Waals surface area contributed by atoms with Crippen LogP contribution in [-0.4, -0.2) is 62.2 Å². The van der Waals surface area contributed by atoms with Crippen molar-refractivity contribution in [1.82, 2.24) is 29.1 Å². The van der Waals surface area contributed by atoms with E-state index in [9.17, 15) is 4.79 Å². The van der Waals surface area contributed by atoms with Gasteiger partial charge in [-0.3, -0.25) is 4.79 Å². The molecule has 1 amide bonds. The number of carbonyl (C=O) groups excluding carboxylic acids is 1. The van der Waals surface area contributed by atoms with Crippen LogP contribution in [0.1, 0.15) is 16.3 Å². The lowest BCUT2D eigenvalue weighted by molar-refractivity contribution is 0.0719. The number of hydrogen-bond donors (Lipinski definition) is 0. The first-order valence-electron chi connectivity index (χ1n) is 8.66. The zero-order valence-electron chi connectivity index (χ0n) is 15.7. The number of hydrogen-bond acceptors (Lipinski definition) is 4. The molecule has 0 aliphatic carbocycles. The Bertz CT molecular complexity index is 916. The van der Waals surface area contributed by atoms with E-state index in [0.717, 1.165) is 18.1 Å². The van der Waals surface area contributed by atoms with Gasteiger partial charge < -0.3 is 14.4 Å². The summed E-state index contributed by atoms with van der Waals surface area (Å²) in [6.45, 7) is 1.76. The van der Waals surface area contributed by atoms with Crippen LogP contribution in [0, 0.1) is 0 Å². The second-order valence-corrected chi connectivity index (χ2v) is 6.99. The molecule has 7 nitrogen and oxygen atoms in total. The van der Waals surface area contributed by atoms with E-state index in [1.807, 2.05) is 55.0 Å². The molecule has 27 heavy (non-hydrogen) atoms. The Morgan fingerprint density at radius 1 is 1.15 bits per heavy atom. The molecule has 0 atom stereocenters. The number of imidazole rings is 1. The first kappa shape index (κ1) is 19.1. The Labute approximate surface area is 163 Å². The van der Waals surface area contributed by atoms with Gasteiger partial charge in [-0.25, -0.2) is 9.67 Å². The molecule has 0 fully saturated rings. The average molecular weight is 387 g/mol. The van der Waals surface area contributed by atoms with Crippen LogP contribution in [0.5, 0.6) is 0 Å². The topological polar surface area (TPSA) is 59.2 Å². The molecule has 0 saturated heterocycles. The number of likely N-dealkylation sites (N-methyl/N-ethyl adjacent to an activating group) is 1. The number of rotatable bonds is 7. The summed E-state index contributed by atoms with van der Waals surface area (Å²) in [6, 6.07) is 9.12. The molecule has 3 aromatic rings. The second-order valence-electron chi connectivity index (χ2n) is 6.58. The van der Waals surface area contributed by atoms with Gasteiger partial charge in [-0.15, -0.1) is 0 Å². The van der Waals surface area contributed by atoms with Gasteiger partial charge in [0.1, 0.15) is 5.82 Å². The quantitative estimate of drug-likeness (QED) is 0.626. The predicted octanol–water partition coefficient (Wildman–Crippen LogP) is 2.46. The number of para-hydroxylation sites is 1. The SMILES string of the molecule is CN(C)CCN(Cc1nccn1C)C(=O)c1ccn(-c2ccccc2Cl)n1.